The second kappa shape index (κ2) is 6.49. The molecular formula is C28H27N3O. The van der Waals surface area contributed by atoms with E-state index >= 15 is 0 Å². The number of hydrogen-bond donors (Lipinski definition) is 2. The van der Waals surface area contributed by atoms with E-state index in [9.17, 15) is 4.79 Å². The van der Waals surface area contributed by atoms with E-state index in [-0.39, 0.29) is 11.3 Å². The maximum atomic E-state index is 12.6. The fraction of sp³-hybridized carbons (Fsp3) is 0.250. The smallest absolute Gasteiger partial charge is 0.223 e. The Labute approximate surface area is 187 Å². The van der Waals surface area contributed by atoms with Crippen molar-refractivity contribution >= 4 is 39.5 Å². The molecule has 32 heavy (non-hydrogen) atoms. The van der Waals surface area contributed by atoms with Gasteiger partial charge >= 0.3 is 0 Å². The highest BCUT2D eigenvalue weighted by atomic mass is 16.2. The number of hydrogen-bond acceptors (Lipinski definition) is 2. The first-order valence-electron chi connectivity index (χ1n) is 11.3. The molecule has 1 atom stereocenters. The molecule has 1 amide bonds. The summed E-state index contributed by atoms with van der Waals surface area (Å²) >= 11 is 0. The van der Waals surface area contributed by atoms with Crippen molar-refractivity contribution in [3.63, 3.8) is 0 Å². The fourth-order valence-corrected chi connectivity index (χ4v) is 5.65. The van der Waals surface area contributed by atoms with E-state index in [1.165, 1.54) is 27.6 Å². The standard InChI is InChI=1S/C28H27N3O/c1-18-8-11-25-22(16-18)27(2,3)28(30-26(32)13-15-31(25)28)14-12-19-9-10-24-21(17-19)20-6-4-5-7-23(20)29-24/h4-12,14,16-17,29H,13,15H2,1-3H3,(H,30,32). The Balaban J connectivity index is 1.48. The second-order valence-electron chi connectivity index (χ2n) is 9.67. The van der Waals surface area contributed by atoms with Gasteiger partial charge in [0.15, 0.2) is 0 Å². The molecule has 2 aliphatic rings. The summed E-state index contributed by atoms with van der Waals surface area (Å²) in [4.78, 5) is 18.5. The van der Waals surface area contributed by atoms with E-state index in [1.807, 2.05) is 0 Å². The van der Waals surface area contributed by atoms with Crippen molar-refractivity contribution in [1.29, 1.82) is 0 Å². The zero-order valence-corrected chi connectivity index (χ0v) is 18.7. The molecule has 0 radical (unpaired) electrons. The number of nitrogens with zero attached hydrogens (tertiary/aromatic N) is 1. The van der Waals surface area contributed by atoms with Crippen LogP contribution in [0.15, 0.2) is 66.7 Å². The van der Waals surface area contributed by atoms with Crippen LogP contribution in [0.25, 0.3) is 27.9 Å². The van der Waals surface area contributed by atoms with Gasteiger partial charge in [-0.2, -0.15) is 0 Å². The van der Waals surface area contributed by atoms with Gasteiger partial charge in [0, 0.05) is 45.9 Å². The molecule has 1 aromatic heterocycles. The zero-order valence-electron chi connectivity index (χ0n) is 18.7. The molecule has 1 unspecified atom stereocenters. The number of H-pyrrole nitrogens is 1. The monoisotopic (exact) mass is 421 g/mol. The summed E-state index contributed by atoms with van der Waals surface area (Å²) < 4.78 is 0. The average Bonchev–Trinajstić information content (AvgIpc) is 3.23. The Morgan fingerprint density at radius 1 is 0.969 bits per heavy atom. The van der Waals surface area contributed by atoms with Crippen LogP contribution < -0.4 is 10.2 Å². The second-order valence-corrected chi connectivity index (χ2v) is 9.67. The summed E-state index contributed by atoms with van der Waals surface area (Å²) in [6.07, 6.45) is 4.88. The molecular weight excluding hydrogens is 394 g/mol. The predicted molar refractivity (Wildman–Crippen MR) is 132 cm³/mol. The summed E-state index contributed by atoms with van der Waals surface area (Å²) in [7, 11) is 0. The molecule has 4 nitrogen and oxygen atoms in total. The minimum Gasteiger partial charge on any atom is -0.355 e. The van der Waals surface area contributed by atoms with Crippen LogP contribution in [-0.2, 0) is 10.2 Å². The largest absolute Gasteiger partial charge is 0.355 e. The van der Waals surface area contributed by atoms with Crippen molar-refractivity contribution in [3.05, 3.63) is 83.4 Å². The number of aromatic nitrogens is 1. The number of anilines is 1. The van der Waals surface area contributed by atoms with Gasteiger partial charge in [0.1, 0.15) is 5.66 Å². The molecule has 3 heterocycles. The number of fused-ring (bicyclic) bond motifs is 6. The normalized spacial score (nSPS) is 21.8. The molecule has 0 saturated carbocycles. The minimum atomic E-state index is -0.590. The summed E-state index contributed by atoms with van der Waals surface area (Å²) in [6.45, 7) is 7.33. The third kappa shape index (κ3) is 2.52. The Morgan fingerprint density at radius 3 is 2.66 bits per heavy atom. The number of rotatable bonds is 2. The quantitative estimate of drug-likeness (QED) is 0.439. The van der Waals surface area contributed by atoms with Crippen LogP contribution >= 0.6 is 0 Å². The number of benzene rings is 3. The highest BCUT2D eigenvalue weighted by Crippen LogP contribution is 2.52. The van der Waals surface area contributed by atoms with Crippen LogP contribution in [0.2, 0.25) is 0 Å². The highest BCUT2D eigenvalue weighted by Gasteiger charge is 2.57. The van der Waals surface area contributed by atoms with Gasteiger partial charge in [0.2, 0.25) is 5.91 Å². The van der Waals surface area contributed by atoms with E-state index in [1.54, 1.807) is 0 Å². The first kappa shape index (κ1) is 19.2. The Morgan fingerprint density at radius 2 is 1.78 bits per heavy atom. The molecule has 1 saturated heterocycles. The van der Waals surface area contributed by atoms with E-state index in [0.717, 1.165) is 23.1 Å². The van der Waals surface area contributed by atoms with E-state index in [2.05, 4.69) is 109 Å². The minimum absolute atomic E-state index is 0.107. The van der Waals surface area contributed by atoms with Crippen molar-refractivity contribution in [2.45, 2.75) is 38.3 Å². The Bertz CT molecular complexity index is 1430. The van der Waals surface area contributed by atoms with E-state index in [0.29, 0.717) is 6.42 Å². The molecule has 4 heteroatoms. The Kier molecular flexibility index (Phi) is 3.89. The lowest BCUT2D eigenvalue weighted by Crippen LogP contribution is -2.68. The van der Waals surface area contributed by atoms with E-state index in [4.69, 9.17) is 0 Å². The van der Waals surface area contributed by atoms with Crippen molar-refractivity contribution in [3.8, 4) is 0 Å². The number of amides is 1. The van der Waals surface area contributed by atoms with Gasteiger partial charge in [-0.3, -0.25) is 4.79 Å². The van der Waals surface area contributed by atoms with Crippen molar-refractivity contribution in [2.75, 3.05) is 11.4 Å². The molecule has 3 aromatic carbocycles. The SMILES string of the molecule is Cc1ccc2c(c1)C(C)(C)C1(C=Cc3ccc4[nH]c5ccccc5c4c3)NC(=O)CCN21. The van der Waals surface area contributed by atoms with Crippen LogP contribution in [0.1, 0.15) is 37.0 Å². The predicted octanol–water partition coefficient (Wildman–Crippen LogP) is 5.66. The fourth-order valence-electron chi connectivity index (χ4n) is 5.65. The maximum Gasteiger partial charge on any atom is 0.223 e. The van der Waals surface area contributed by atoms with Crippen LogP contribution in [0.3, 0.4) is 0 Å². The molecule has 2 aliphatic heterocycles. The van der Waals surface area contributed by atoms with Crippen molar-refractivity contribution in [1.82, 2.24) is 10.3 Å². The number of carbonyl (C=O) groups is 1. The third-order valence-corrected chi connectivity index (χ3v) is 7.43. The summed E-state index contributed by atoms with van der Waals surface area (Å²) in [5.41, 5.74) is 6.30. The number of carbonyl (C=O) groups excluding carboxylic acids is 1. The number of para-hydroxylation sites is 1. The van der Waals surface area contributed by atoms with Crippen molar-refractivity contribution < 1.29 is 4.79 Å². The lowest BCUT2D eigenvalue weighted by Gasteiger charge is -2.49. The molecule has 160 valence electrons. The maximum absolute atomic E-state index is 12.6. The van der Waals surface area contributed by atoms with Gasteiger partial charge in [-0.1, -0.05) is 61.9 Å². The van der Waals surface area contributed by atoms with Crippen LogP contribution in [0.5, 0.6) is 0 Å². The van der Waals surface area contributed by atoms with Gasteiger partial charge in [0.25, 0.3) is 0 Å². The molecule has 0 aliphatic carbocycles. The summed E-state index contributed by atoms with van der Waals surface area (Å²) in [6, 6.07) is 21.5. The highest BCUT2D eigenvalue weighted by molar-refractivity contribution is 6.07. The summed E-state index contributed by atoms with van der Waals surface area (Å²) in [5, 5.41) is 5.82. The molecule has 1 fully saturated rings. The van der Waals surface area contributed by atoms with Crippen LogP contribution in [0, 0.1) is 6.92 Å². The van der Waals surface area contributed by atoms with Gasteiger partial charge in [-0.15, -0.1) is 0 Å². The molecule has 2 N–H and O–H groups in total. The Hall–Kier alpha value is -3.53. The topological polar surface area (TPSA) is 48.1 Å². The summed E-state index contributed by atoms with van der Waals surface area (Å²) in [5.74, 6) is 0.107. The third-order valence-electron chi connectivity index (χ3n) is 7.43. The first-order chi connectivity index (χ1) is 15.4. The number of aryl methyl sites for hydroxylation is 1. The van der Waals surface area contributed by atoms with Gasteiger partial charge < -0.3 is 15.2 Å². The molecule has 6 rings (SSSR count). The van der Waals surface area contributed by atoms with Crippen LogP contribution in [0.4, 0.5) is 5.69 Å². The molecule has 0 spiro atoms. The van der Waals surface area contributed by atoms with E-state index < -0.39 is 5.66 Å². The van der Waals surface area contributed by atoms with Gasteiger partial charge in [-0.25, -0.2) is 0 Å². The average molecular weight is 422 g/mol. The lowest BCUT2D eigenvalue weighted by atomic mass is 9.74. The van der Waals surface area contributed by atoms with Gasteiger partial charge in [0.05, 0.1) is 0 Å². The molecule has 4 aromatic rings. The molecule has 0 bridgehead atoms. The first-order valence-corrected chi connectivity index (χ1v) is 11.3. The zero-order chi connectivity index (χ0) is 22.1. The number of nitrogens with one attached hydrogen (secondary N) is 2. The van der Waals surface area contributed by atoms with Gasteiger partial charge in [-0.05, 0) is 48.4 Å². The van der Waals surface area contributed by atoms with Crippen molar-refractivity contribution in [2.24, 2.45) is 0 Å². The van der Waals surface area contributed by atoms with Crippen LogP contribution in [-0.4, -0.2) is 23.1 Å². The lowest BCUT2D eigenvalue weighted by molar-refractivity contribution is -0.124. The number of aromatic amines is 1.